The molecule has 3 aromatic rings. The van der Waals surface area contributed by atoms with Crippen LogP contribution >= 0.6 is 0 Å². The molecule has 228 valence electrons. The molecule has 0 spiro atoms. The second-order valence-electron chi connectivity index (χ2n) is 10.9. The van der Waals surface area contributed by atoms with Crippen LogP contribution in [0.3, 0.4) is 0 Å². The molecule has 1 aliphatic heterocycles. The monoisotopic (exact) mass is 598 g/mol. The van der Waals surface area contributed by atoms with Crippen LogP contribution in [-0.4, -0.2) is 68.1 Å². The summed E-state index contributed by atoms with van der Waals surface area (Å²) in [6.45, 7) is 3.06. The molecule has 1 saturated heterocycles. The molecule has 43 heavy (non-hydrogen) atoms. The number of ether oxygens (including phenoxy) is 1. The van der Waals surface area contributed by atoms with E-state index >= 15 is 0 Å². The van der Waals surface area contributed by atoms with E-state index in [1.807, 2.05) is 19.1 Å². The number of carboxylic acid groups (broad SMARTS) is 1. The van der Waals surface area contributed by atoms with Gasteiger partial charge >= 0.3 is 12.1 Å². The Hall–Kier alpha value is -4.19. The smallest absolute Gasteiger partial charge is 0.434 e. The van der Waals surface area contributed by atoms with Gasteiger partial charge in [-0.25, -0.2) is 14.5 Å². The van der Waals surface area contributed by atoms with Gasteiger partial charge in [0, 0.05) is 13.1 Å². The van der Waals surface area contributed by atoms with Gasteiger partial charge in [0.25, 0.3) is 0 Å². The number of alkyl halides is 3. The van der Waals surface area contributed by atoms with Crippen molar-refractivity contribution in [1.82, 2.24) is 19.7 Å². The maximum absolute atomic E-state index is 13.8. The predicted molar refractivity (Wildman–Crippen MR) is 151 cm³/mol. The number of halogens is 3. The van der Waals surface area contributed by atoms with Gasteiger partial charge in [0.05, 0.1) is 11.9 Å². The van der Waals surface area contributed by atoms with Crippen LogP contribution in [0.25, 0.3) is 11.4 Å². The molecule has 0 radical (unpaired) electrons. The number of allylic oxidation sites excluding steroid dienone is 1. The van der Waals surface area contributed by atoms with E-state index in [0.717, 1.165) is 54.6 Å². The number of carboxylic acids is 1. The number of aromatic carboxylic acids is 1. The largest absolute Gasteiger partial charge is 0.489 e. The summed E-state index contributed by atoms with van der Waals surface area (Å²) in [6, 6.07) is 10.8. The van der Waals surface area contributed by atoms with Crippen molar-refractivity contribution in [3.8, 4) is 11.6 Å². The lowest BCUT2D eigenvalue weighted by molar-refractivity contribution is -0.143. The van der Waals surface area contributed by atoms with Crippen molar-refractivity contribution in [3.05, 3.63) is 76.2 Å². The Labute approximate surface area is 246 Å². The molecule has 1 amide bonds. The molecule has 2 aromatic heterocycles. The molecule has 3 heterocycles. The van der Waals surface area contributed by atoms with Gasteiger partial charge < -0.3 is 19.8 Å². The molecule has 1 aliphatic carbocycles. The van der Waals surface area contributed by atoms with E-state index in [2.05, 4.69) is 16.1 Å². The number of nitrogens with zero attached hydrogens (tertiary/aromatic N) is 4. The van der Waals surface area contributed by atoms with E-state index in [1.165, 1.54) is 11.6 Å². The fraction of sp³-hybridized carbons (Fsp3) is 0.419. The quantitative estimate of drug-likeness (QED) is 0.357. The first-order valence-electron chi connectivity index (χ1n) is 14.3. The number of carbonyl (C=O) groups is 2. The third kappa shape index (κ3) is 6.58. The molecule has 2 aliphatic rings. The maximum atomic E-state index is 13.8. The number of carbonyl (C=O) groups excluding carboxylic acids is 1. The fourth-order valence-corrected chi connectivity index (χ4v) is 5.91. The Morgan fingerprint density at radius 1 is 1.09 bits per heavy atom. The fourth-order valence-electron chi connectivity index (χ4n) is 5.91. The zero-order valence-corrected chi connectivity index (χ0v) is 23.7. The average molecular weight is 599 g/mol. The van der Waals surface area contributed by atoms with E-state index in [9.17, 15) is 27.9 Å². The predicted octanol–water partition coefficient (Wildman–Crippen LogP) is 5.40. The van der Waals surface area contributed by atoms with Gasteiger partial charge in [-0.3, -0.25) is 4.79 Å². The SMILES string of the molecule is Cc1cc(C2CCN(C(=O)CO)CC2)ccc1OCC1=C(c2cccc(-n3ncc(C(=O)O)c3C(F)(F)F)n2)CCCC1. The van der Waals surface area contributed by atoms with Gasteiger partial charge in [0.2, 0.25) is 5.91 Å². The lowest BCUT2D eigenvalue weighted by Gasteiger charge is -2.32. The number of amides is 1. The lowest BCUT2D eigenvalue weighted by Crippen LogP contribution is -2.39. The Bertz CT molecular complexity index is 1540. The van der Waals surface area contributed by atoms with E-state index in [1.54, 1.807) is 17.0 Å². The van der Waals surface area contributed by atoms with Crippen molar-refractivity contribution in [2.45, 2.75) is 57.5 Å². The first-order valence-corrected chi connectivity index (χ1v) is 14.3. The van der Waals surface area contributed by atoms with Crippen LogP contribution in [-0.2, 0) is 11.0 Å². The number of piperidine rings is 1. The first kappa shape index (κ1) is 30.3. The van der Waals surface area contributed by atoms with Crippen LogP contribution in [0.2, 0.25) is 0 Å². The molecule has 0 unspecified atom stereocenters. The van der Waals surface area contributed by atoms with Crippen molar-refractivity contribution in [3.63, 3.8) is 0 Å². The number of aliphatic hydroxyl groups is 1. The normalized spacial score (nSPS) is 16.4. The van der Waals surface area contributed by atoms with Crippen LogP contribution in [0, 0.1) is 6.92 Å². The number of likely N-dealkylation sites (tertiary alicyclic amines) is 1. The minimum absolute atomic E-state index is 0.117. The average Bonchev–Trinajstić information content (AvgIpc) is 3.47. The van der Waals surface area contributed by atoms with Crippen LogP contribution in [0.5, 0.6) is 5.75 Å². The highest BCUT2D eigenvalue weighted by molar-refractivity contribution is 5.89. The van der Waals surface area contributed by atoms with E-state index < -0.39 is 30.0 Å². The van der Waals surface area contributed by atoms with Gasteiger partial charge in [-0.1, -0.05) is 18.2 Å². The maximum Gasteiger partial charge on any atom is 0.434 e. The third-order valence-corrected chi connectivity index (χ3v) is 8.17. The van der Waals surface area contributed by atoms with Crippen molar-refractivity contribution < 1.29 is 37.7 Å². The summed E-state index contributed by atoms with van der Waals surface area (Å²) in [6.07, 6.45) is 0.722. The zero-order chi connectivity index (χ0) is 30.7. The molecule has 0 saturated carbocycles. The number of hydrogen-bond acceptors (Lipinski definition) is 6. The second kappa shape index (κ2) is 12.6. The first-order chi connectivity index (χ1) is 20.6. The number of pyridine rings is 1. The molecular weight excluding hydrogens is 565 g/mol. The molecule has 9 nitrogen and oxygen atoms in total. The van der Waals surface area contributed by atoms with Gasteiger partial charge in [-0.15, -0.1) is 0 Å². The summed E-state index contributed by atoms with van der Waals surface area (Å²) in [5, 5.41) is 22.1. The molecule has 0 atom stereocenters. The number of hydrogen-bond donors (Lipinski definition) is 2. The molecule has 5 rings (SSSR count). The number of rotatable bonds is 8. The molecule has 12 heteroatoms. The van der Waals surface area contributed by atoms with Gasteiger partial charge in [0.15, 0.2) is 11.5 Å². The summed E-state index contributed by atoms with van der Waals surface area (Å²) in [5.74, 6) is -1.01. The van der Waals surface area contributed by atoms with Crippen molar-refractivity contribution >= 4 is 17.4 Å². The van der Waals surface area contributed by atoms with Crippen LogP contribution in [0.4, 0.5) is 13.2 Å². The summed E-state index contributed by atoms with van der Waals surface area (Å²) in [7, 11) is 0. The summed E-state index contributed by atoms with van der Waals surface area (Å²) < 4.78 is 48.1. The number of benzene rings is 1. The number of aromatic nitrogens is 3. The van der Waals surface area contributed by atoms with Crippen LogP contribution < -0.4 is 4.74 Å². The Balaban J connectivity index is 1.34. The van der Waals surface area contributed by atoms with Crippen molar-refractivity contribution in [2.75, 3.05) is 26.3 Å². The Kier molecular flexibility index (Phi) is 8.86. The number of aryl methyl sites for hydroxylation is 1. The molecule has 2 N–H and O–H groups in total. The van der Waals surface area contributed by atoms with Crippen molar-refractivity contribution in [1.29, 1.82) is 0 Å². The Morgan fingerprint density at radius 2 is 1.84 bits per heavy atom. The van der Waals surface area contributed by atoms with Gasteiger partial charge in [-0.05, 0) is 91.8 Å². The van der Waals surface area contributed by atoms with E-state index in [4.69, 9.17) is 9.84 Å². The molecule has 0 bridgehead atoms. The van der Waals surface area contributed by atoms with Crippen LogP contribution in [0.15, 0.2) is 48.2 Å². The topological polar surface area (TPSA) is 118 Å². The summed E-state index contributed by atoms with van der Waals surface area (Å²) in [5.41, 5.74) is 2.28. The minimum atomic E-state index is -4.94. The summed E-state index contributed by atoms with van der Waals surface area (Å²) >= 11 is 0. The highest BCUT2D eigenvalue weighted by atomic mass is 19.4. The zero-order valence-electron chi connectivity index (χ0n) is 23.7. The molecular formula is C31H33F3N4O5. The highest BCUT2D eigenvalue weighted by Gasteiger charge is 2.41. The molecule has 1 fully saturated rings. The minimum Gasteiger partial charge on any atom is -0.489 e. The van der Waals surface area contributed by atoms with E-state index in [0.29, 0.717) is 48.6 Å². The van der Waals surface area contributed by atoms with Crippen LogP contribution in [0.1, 0.15) is 77.3 Å². The standard InChI is InChI=1S/C31H33F3N4O5/c1-19-15-21(20-11-13-37(14-12-20)28(40)17-39)9-10-26(19)43-18-22-5-2-3-6-23(22)25-7-4-8-27(36-25)38-29(31(32,33)34)24(16-35-38)30(41)42/h4,7-10,15-16,20,39H,2-3,5-6,11-14,17-18H2,1H3,(H,41,42). The second-order valence-corrected chi connectivity index (χ2v) is 10.9. The van der Waals surface area contributed by atoms with E-state index in [-0.39, 0.29) is 11.7 Å². The Morgan fingerprint density at radius 3 is 2.51 bits per heavy atom. The van der Waals surface area contributed by atoms with Gasteiger partial charge in [-0.2, -0.15) is 18.3 Å². The lowest BCUT2D eigenvalue weighted by atomic mass is 9.88. The van der Waals surface area contributed by atoms with Crippen molar-refractivity contribution in [2.24, 2.45) is 0 Å². The molecule has 1 aromatic carbocycles. The third-order valence-electron chi connectivity index (χ3n) is 8.17. The highest BCUT2D eigenvalue weighted by Crippen LogP contribution is 2.36. The van der Waals surface area contributed by atoms with Gasteiger partial charge in [0.1, 0.15) is 24.5 Å². The number of aliphatic hydroxyl groups excluding tert-OH is 1. The summed E-state index contributed by atoms with van der Waals surface area (Å²) in [4.78, 5) is 29.3.